The lowest BCUT2D eigenvalue weighted by molar-refractivity contribution is -0.160. The number of fused-ring (bicyclic) bond motifs is 2. The number of aliphatic hydroxyl groups is 1. The van der Waals surface area contributed by atoms with Crippen LogP contribution in [0.1, 0.15) is 27.2 Å². The summed E-state index contributed by atoms with van der Waals surface area (Å²) in [6.07, 6.45) is 0.531. The van der Waals surface area contributed by atoms with E-state index in [4.69, 9.17) is 9.47 Å². The molecule has 24 heavy (non-hydrogen) atoms. The molecule has 2 heterocycles. The average Bonchev–Trinajstić information content (AvgIpc) is 3.02. The van der Waals surface area contributed by atoms with Crippen molar-refractivity contribution in [3.05, 3.63) is 30.3 Å². The lowest BCUT2D eigenvalue weighted by Gasteiger charge is -2.43. The molecule has 1 aromatic rings. The number of carbonyl (C=O) groups is 1. The molecule has 0 spiro atoms. The summed E-state index contributed by atoms with van der Waals surface area (Å²) in [4.78, 5) is 14.8. The topological polar surface area (TPSA) is 59.0 Å². The lowest BCUT2D eigenvalue weighted by Crippen LogP contribution is -2.57. The summed E-state index contributed by atoms with van der Waals surface area (Å²) >= 11 is 0. The molecule has 2 saturated heterocycles. The zero-order valence-corrected chi connectivity index (χ0v) is 14.2. The van der Waals surface area contributed by atoms with Crippen LogP contribution in [0.15, 0.2) is 30.3 Å². The van der Waals surface area contributed by atoms with Gasteiger partial charge in [0, 0.05) is 23.4 Å². The Kier molecular flexibility index (Phi) is 2.72. The third-order valence-electron chi connectivity index (χ3n) is 6.61. The fraction of sp³-hybridized carbons (Fsp3) is 0.632. The highest BCUT2D eigenvalue weighted by Crippen LogP contribution is 2.65. The summed E-state index contributed by atoms with van der Waals surface area (Å²) in [6, 6.07) is 9.51. The van der Waals surface area contributed by atoms with E-state index in [1.165, 1.54) is 0 Å². The van der Waals surface area contributed by atoms with Gasteiger partial charge in [0.05, 0.1) is 18.1 Å². The number of para-hydroxylation sites is 1. The van der Waals surface area contributed by atoms with Gasteiger partial charge in [-0.2, -0.15) is 0 Å². The first-order chi connectivity index (χ1) is 11.3. The van der Waals surface area contributed by atoms with Crippen molar-refractivity contribution in [2.45, 2.75) is 50.9 Å². The number of hydrogen-bond acceptors (Lipinski definition) is 4. The summed E-state index contributed by atoms with van der Waals surface area (Å²) in [6.45, 7) is 5.90. The second-order valence-electron chi connectivity index (χ2n) is 8.16. The molecule has 1 amide bonds. The molecule has 1 N–H and O–H groups in total. The van der Waals surface area contributed by atoms with E-state index in [-0.39, 0.29) is 41.8 Å². The average molecular weight is 329 g/mol. The molecule has 5 nitrogen and oxygen atoms in total. The Labute approximate surface area is 141 Å². The second kappa shape index (κ2) is 4.40. The van der Waals surface area contributed by atoms with E-state index in [2.05, 4.69) is 6.92 Å². The maximum absolute atomic E-state index is 13.2. The molecule has 2 saturated carbocycles. The van der Waals surface area contributed by atoms with Gasteiger partial charge in [-0.3, -0.25) is 9.69 Å². The number of anilines is 1. The van der Waals surface area contributed by atoms with Crippen LogP contribution in [-0.2, 0) is 14.3 Å². The van der Waals surface area contributed by atoms with Crippen LogP contribution < -0.4 is 4.90 Å². The van der Waals surface area contributed by atoms with E-state index in [1.54, 1.807) is 4.90 Å². The lowest BCUT2D eigenvalue weighted by atomic mass is 9.74. The molecular weight excluding hydrogens is 306 g/mol. The van der Waals surface area contributed by atoms with Crippen molar-refractivity contribution >= 4 is 11.6 Å². The molecule has 7 atom stereocenters. The molecule has 128 valence electrons. The first kappa shape index (κ1) is 14.9. The van der Waals surface area contributed by atoms with Crippen LogP contribution in [0, 0.1) is 23.7 Å². The molecule has 4 fully saturated rings. The molecule has 1 unspecified atom stereocenters. The number of hydrogen-bond donors (Lipinski definition) is 1. The summed E-state index contributed by atoms with van der Waals surface area (Å²) in [7, 11) is 0. The Morgan fingerprint density at radius 3 is 2.62 bits per heavy atom. The SMILES string of the molecule is CC1[C@@H]2[C@H]3OC(C)(C)O[C@H]3C[C@H]3[C@@H]2C(=O)N(c2ccccc2)[C@@]13O. The van der Waals surface area contributed by atoms with E-state index in [0.29, 0.717) is 6.42 Å². The number of nitrogens with zero attached hydrogens (tertiary/aromatic N) is 1. The Hall–Kier alpha value is -1.43. The van der Waals surface area contributed by atoms with Gasteiger partial charge in [-0.05, 0) is 32.4 Å². The van der Waals surface area contributed by atoms with Gasteiger partial charge in [0.15, 0.2) is 11.5 Å². The molecule has 0 aromatic heterocycles. The third-order valence-corrected chi connectivity index (χ3v) is 6.61. The minimum atomic E-state index is -1.14. The van der Waals surface area contributed by atoms with Gasteiger partial charge in [0.1, 0.15) is 0 Å². The number of ether oxygens (including phenoxy) is 2. The minimum Gasteiger partial charge on any atom is -0.370 e. The van der Waals surface area contributed by atoms with Crippen LogP contribution >= 0.6 is 0 Å². The summed E-state index contributed by atoms with van der Waals surface area (Å²) < 4.78 is 12.2. The zero-order valence-electron chi connectivity index (χ0n) is 14.2. The van der Waals surface area contributed by atoms with E-state index in [9.17, 15) is 9.90 Å². The smallest absolute Gasteiger partial charge is 0.233 e. The Morgan fingerprint density at radius 2 is 1.92 bits per heavy atom. The third kappa shape index (κ3) is 1.58. The van der Waals surface area contributed by atoms with Gasteiger partial charge in [-0.15, -0.1) is 0 Å². The van der Waals surface area contributed by atoms with E-state index < -0.39 is 11.5 Å². The van der Waals surface area contributed by atoms with Crippen molar-refractivity contribution in [2.24, 2.45) is 23.7 Å². The minimum absolute atomic E-state index is 0.0213. The monoisotopic (exact) mass is 329 g/mol. The summed E-state index contributed by atoms with van der Waals surface area (Å²) in [5, 5.41) is 11.6. The highest BCUT2D eigenvalue weighted by Gasteiger charge is 2.76. The normalized spacial score (nSPS) is 48.0. The number of piperidine rings is 1. The second-order valence-corrected chi connectivity index (χ2v) is 8.16. The predicted octanol–water partition coefficient (Wildman–Crippen LogP) is 2.14. The van der Waals surface area contributed by atoms with Gasteiger partial charge in [0.25, 0.3) is 0 Å². The highest BCUT2D eigenvalue weighted by molar-refractivity contribution is 6.01. The van der Waals surface area contributed by atoms with Crippen LogP contribution in [0.4, 0.5) is 5.69 Å². The standard InChI is InChI=1S/C19H23NO4/c1-10-14-15-12(9-13-16(14)24-18(2,3)23-13)19(10,22)20(17(15)21)11-7-5-4-6-8-11/h4-8,10,12-16,22H,9H2,1-3H3/t10?,12-,13-,14-,15-,16-,19+/m0/s1. The van der Waals surface area contributed by atoms with Gasteiger partial charge in [-0.25, -0.2) is 0 Å². The molecule has 5 heteroatoms. The van der Waals surface area contributed by atoms with Gasteiger partial charge >= 0.3 is 0 Å². The van der Waals surface area contributed by atoms with E-state index >= 15 is 0 Å². The summed E-state index contributed by atoms with van der Waals surface area (Å²) in [5.74, 6) is -0.869. The van der Waals surface area contributed by atoms with Crippen molar-refractivity contribution in [2.75, 3.05) is 4.90 Å². The Morgan fingerprint density at radius 1 is 1.21 bits per heavy atom. The zero-order chi connectivity index (χ0) is 16.9. The molecule has 4 bridgehead atoms. The maximum atomic E-state index is 13.2. The highest BCUT2D eigenvalue weighted by atomic mass is 16.8. The van der Waals surface area contributed by atoms with Gasteiger partial charge < -0.3 is 14.6 Å². The van der Waals surface area contributed by atoms with Crippen LogP contribution in [-0.4, -0.2) is 34.7 Å². The largest absolute Gasteiger partial charge is 0.370 e. The van der Waals surface area contributed by atoms with Crippen molar-refractivity contribution in [1.82, 2.24) is 0 Å². The first-order valence-electron chi connectivity index (χ1n) is 8.82. The quantitative estimate of drug-likeness (QED) is 0.858. The van der Waals surface area contributed by atoms with Crippen LogP contribution in [0.25, 0.3) is 0 Å². The van der Waals surface area contributed by atoms with E-state index in [1.807, 2.05) is 44.2 Å². The number of rotatable bonds is 1. The summed E-state index contributed by atoms with van der Waals surface area (Å²) in [5.41, 5.74) is -0.369. The predicted molar refractivity (Wildman–Crippen MR) is 87.0 cm³/mol. The van der Waals surface area contributed by atoms with Crippen molar-refractivity contribution in [3.63, 3.8) is 0 Å². The number of benzene rings is 1. The number of amides is 1. The van der Waals surface area contributed by atoms with E-state index in [0.717, 1.165) is 5.69 Å². The number of carbonyl (C=O) groups excluding carboxylic acids is 1. The van der Waals surface area contributed by atoms with Gasteiger partial charge in [-0.1, -0.05) is 25.1 Å². The van der Waals surface area contributed by atoms with Crippen LogP contribution in [0.2, 0.25) is 0 Å². The van der Waals surface area contributed by atoms with Crippen molar-refractivity contribution in [1.29, 1.82) is 0 Å². The van der Waals surface area contributed by atoms with Gasteiger partial charge in [0.2, 0.25) is 5.91 Å². The Bertz CT molecular complexity index is 705. The first-order valence-corrected chi connectivity index (χ1v) is 8.82. The van der Waals surface area contributed by atoms with Crippen LogP contribution in [0.5, 0.6) is 0 Å². The Balaban J connectivity index is 1.59. The molecule has 2 aliphatic heterocycles. The molecular formula is C19H23NO4. The van der Waals surface area contributed by atoms with Crippen LogP contribution in [0.3, 0.4) is 0 Å². The molecule has 1 aromatic carbocycles. The van der Waals surface area contributed by atoms with Crippen molar-refractivity contribution in [3.8, 4) is 0 Å². The molecule has 0 radical (unpaired) electrons. The fourth-order valence-electron chi connectivity index (χ4n) is 5.84. The maximum Gasteiger partial charge on any atom is 0.233 e. The van der Waals surface area contributed by atoms with Crippen molar-refractivity contribution < 1.29 is 19.4 Å². The molecule has 4 aliphatic rings. The molecule has 5 rings (SSSR count). The fourth-order valence-corrected chi connectivity index (χ4v) is 5.84. The molecule has 2 aliphatic carbocycles.